The molecule has 16 heavy (non-hydrogen) atoms. The standard InChI is InChI=1S/C12H16N2O2/c1-8(2)10-4-3-5-11(13-10)14-7-9(15)6-12(14)16/h3-5,8-9,15H,6-7H2,1-2H3. The normalized spacial score (nSPS) is 20.9. The number of amides is 1. The Hall–Kier alpha value is -1.42. The number of rotatable bonds is 2. The zero-order chi connectivity index (χ0) is 11.7. The van der Waals surface area contributed by atoms with Gasteiger partial charge in [-0.2, -0.15) is 0 Å². The number of aromatic nitrogens is 1. The molecule has 1 N–H and O–H groups in total. The molecular formula is C12H16N2O2. The van der Waals surface area contributed by atoms with Crippen molar-refractivity contribution in [2.75, 3.05) is 11.4 Å². The summed E-state index contributed by atoms with van der Waals surface area (Å²) in [5, 5.41) is 9.42. The molecule has 2 heterocycles. The molecule has 1 saturated heterocycles. The zero-order valence-corrected chi connectivity index (χ0v) is 9.55. The van der Waals surface area contributed by atoms with Crippen molar-refractivity contribution >= 4 is 11.7 Å². The minimum atomic E-state index is -0.558. The lowest BCUT2D eigenvalue weighted by atomic mass is 10.1. The van der Waals surface area contributed by atoms with Gasteiger partial charge in [0.05, 0.1) is 19.1 Å². The van der Waals surface area contributed by atoms with E-state index < -0.39 is 6.10 Å². The number of anilines is 1. The Labute approximate surface area is 94.9 Å². The Morgan fingerprint density at radius 3 is 2.81 bits per heavy atom. The first-order chi connectivity index (χ1) is 7.58. The summed E-state index contributed by atoms with van der Waals surface area (Å²) in [6.45, 7) is 4.48. The van der Waals surface area contributed by atoms with Crippen LogP contribution in [0.15, 0.2) is 18.2 Å². The quantitative estimate of drug-likeness (QED) is 0.817. The first-order valence-electron chi connectivity index (χ1n) is 5.53. The second kappa shape index (κ2) is 4.22. The summed E-state index contributed by atoms with van der Waals surface area (Å²) in [5.41, 5.74) is 0.965. The van der Waals surface area contributed by atoms with E-state index in [-0.39, 0.29) is 12.3 Å². The van der Waals surface area contributed by atoms with Crippen LogP contribution in [0.5, 0.6) is 0 Å². The maximum atomic E-state index is 11.6. The minimum Gasteiger partial charge on any atom is -0.391 e. The zero-order valence-electron chi connectivity index (χ0n) is 9.55. The van der Waals surface area contributed by atoms with Crippen LogP contribution in [0.25, 0.3) is 0 Å². The lowest BCUT2D eigenvalue weighted by Crippen LogP contribution is -2.26. The van der Waals surface area contributed by atoms with Crippen LogP contribution < -0.4 is 4.90 Å². The van der Waals surface area contributed by atoms with Gasteiger partial charge in [-0.25, -0.2) is 4.98 Å². The van der Waals surface area contributed by atoms with Crippen molar-refractivity contribution in [1.29, 1.82) is 0 Å². The first kappa shape index (κ1) is 11.1. The third kappa shape index (κ3) is 2.07. The summed E-state index contributed by atoms with van der Waals surface area (Å²) in [7, 11) is 0. The molecule has 0 saturated carbocycles. The molecule has 1 atom stereocenters. The van der Waals surface area contributed by atoms with Gasteiger partial charge in [0, 0.05) is 5.69 Å². The summed E-state index contributed by atoms with van der Waals surface area (Å²) >= 11 is 0. The van der Waals surface area contributed by atoms with Crippen molar-refractivity contribution in [1.82, 2.24) is 4.98 Å². The van der Waals surface area contributed by atoms with E-state index in [2.05, 4.69) is 18.8 Å². The van der Waals surface area contributed by atoms with Crippen LogP contribution in [-0.4, -0.2) is 28.6 Å². The van der Waals surface area contributed by atoms with Gasteiger partial charge in [-0.1, -0.05) is 19.9 Å². The van der Waals surface area contributed by atoms with Crippen LogP contribution in [0.2, 0.25) is 0 Å². The van der Waals surface area contributed by atoms with Gasteiger partial charge in [0.2, 0.25) is 5.91 Å². The molecule has 1 amide bonds. The topological polar surface area (TPSA) is 53.4 Å². The molecule has 86 valence electrons. The number of β-amino-alcohol motifs (C(OH)–C–C–N with tert-alkyl or cyclic N) is 1. The molecule has 4 heteroatoms. The van der Waals surface area contributed by atoms with Crippen LogP contribution in [-0.2, 0) is 4.79 Å². The number of hydrogen-bond acceptors (Lipinski definition) is 3. The van der Waals surface area contributed by atoms with Crippen molar-refractivity contribution in [2.45, 2.75) is 32.3 Å². The lowest BCUT2D eigenvalue weighted by molar-refractivity contribution is -0.117. The molecule has 1 aromatic rings. The maximum Gasteiger partial charge on any atom is 0.230 e. The maximum absolute atomic E-state index is 11.6. The predicted molar refractivity (Wildman–Crippen MR) is 61.3 cm³/mol. The summed E-state index contributed by atoms with van der Waals surface area (Å²) in [6, 6.07) is 5.66. The molecule has 1 fully saturated rings. The van der Waals surface area contributed by atoms with E-state index in [4.69, 9.17) is 0 Å². The van der Waals surface area contributed by atoms with Gasteiger partial charge in [0.15, 0.2) is 0 Å². The fourth-order valence-corrected chi connectivity index (χ4v) is 1.82. The minimum absolute atomic E-state index is 0.0547. The monoisotopic (exact) mass is 220 g/mol. The second-order valence-corrected chi connectivity index (χ2v) is 4.44. The molecule has 1 aromatic heterocycles. The highest BCUT2D eigenvalue weighted by Gasteiger charge is 2.29. The van der Waals surface area contributed by atoms with Crippen LogP contribution in [0.4, 0.5) is 5.82 Å². The molecule has 0 aromatic carbocycles. The number of carbonyl (C=O) groups excluding carboxylic acids is 1. The highest BCUT2D eigenvalue weighted by atomic mass is 16.3. The van der Waals surface area contributed by atoms with Crippen molar-refractivity contribution in [3.8, 4) is 0 Å². The number of aliphatic hydroxyl groups excluding tert-OH is 1. The molecule has 4 nitrogen and oxygen atoms in total. The van der Waals surface area contributed by atoms with Gasteiger partial charge < -0.3 is 5.11 Å². The fraction of sp³-hybridized carbons (Fsp3) is 0.500. The molecular weight excluding hydrogens is 204 g/mol. The highest BCUT2D eigenvalue weighted by Crippen LogP contribution is 2.21. The predicted octanol–water partition coefficient (Wildman–Crippen LogP) is 1.30. The molecule has 1 aliphatic rings. The Bertz CT molecular complexity index is 404. The summed E-state index contributed by atoms with van der Waals surface area (Å²) in [6.07, 6.45) is -0.356. The number of pyridine rings is 1. The summed E-state index contributed by atoms with van der Waals surface area (Å²) < 4.78 is 0. The van der Waals surface area contributed by atoms with Crippen LogP contribution >= 0.6 is 0 Å². The van der Waals surface area contributed by atoms with Gasteiger partial charge >= 0.3 is 0 Å². The third-order valence-electron chi connectivity index (χ3n) is 2.73. The van der Waals surface area contributed by atoms with E-state index >= 15 is 0 Å². The van der Waals surface area contributed by atoms with Crippen molar-refractivity contribution in [3.05, 3.63) is 23.9 Å². The lowest BCUT2D eigenvalue weighted by Gasteiger charge is -2.16. The molecule has 0 spiro atoms. The van der Waals surface area contributed by atoms with Crippen molar-refractivity contribution in [2.24, 2.45) is 0 Å². The smallest absolute Gasteiger partial charge is 0.230 e. The Morgan fingerprint density at radius 2 is 2.25 bits per heavy atom. The molecule has 2 rings (SSSR count). The largest absolute Gasteiger partial charge is 0.391 e. The fourth-order valence-electron chi connectivity index (χ4n) is 1.82. The van der Waals surface area contributed by atoms with E-state index in [0.717, 1.165) is 5.69 Å². The average molecular weight is 220 g/mol. The van der Waals surface area contributed by atoms with E-state index in [9.17, 15) is 9.90 Å². The summed E-state index contributed by atoms with van der Waals surface area (Å²) in [5.74, 6) is 0.927. The third-order valence-corrected chi connectivity index (χ3v) is 2.73. The molecule has 1 aliphatic heterocycles. The number of hydrogen-bond donors (Lipinski definition) is 1. The molecule has 0 radical (unpaired) electrons. The Balaban J connectivity index is 2.27. The highest BCUT2D eigenvalue weighted by molar-refractivity contribution is 5.95. The van der Waals surface area contributed by atoms with Crippen LogP contribution in [0, 0.1) is 0 Å². The van der Waals surface area contributed by atoms with Gasteiger partial charge in [-0.05, 0) is 18.1 Å². The molecule has 0 aliphatic carbocycles. The number of aliphatic hydroxyl groups is 1. The molecule has 1 unspecified atom stereocenters. The second-order valence-electron chi connectivity index (χ2n) is 4.44. The van der Waals surface area contributed by atoms with E-state index in [0.29, 0.717) is 18.3 Å². The van der Waals surface area contributed by atoms with Crippen LogP contribution in [0.3, 0.4) is 0 Å². The average Bonchev–Trinajstić information content (AvgIpc) is 2.58. The Morgan fingerprint density at radius 1 is 1.50 bits per heavy atom. The van der Waals surface area contributed by atoms with Gasteiger partial charge in [0.1, 0.15) is 5.82 Å². The van der Waals surface area contributed by atoms with E-state index in [1.807, 2.05) is 18.2 Å². The number of carbonyl (C=O) groups is 1. The van der Waals surface area contributed by atoms with Crippen molar-refractivity contribution < 1.29 is 9.90 Å². The van der Waals surface area contributed by atoms with Crippen molar-refractivity contribution in [3.63, 3.8) is 0 Å². The van der Waals surface area contributed by atoms with Gasteiger partial charge in [-0.15, -0.1) is 0 Å². The van der Waals surface area contributed by atoms with E-state index in [1.165, 1.54) is 0 Å². The van der Waals surface area contributed by atoms with E-state index in [1.54, 1.807) is 4.90 Å². The molecule has 0 bridgehead atoms. The SMILES string of the molecule is CC(C)c1cccc(N2CC(O)CC2=O)n1. The Kier molecular flexibility index (Phi) is 2.92. The summed E-state index contributed by atoms with van der Waals surface area (Å²) in [4.78, 5) is 17.6. The number of nitrogens with zero attached hydrogens (tertiary/aromatic N) is 2. The first-order valence-corrected chi connectivity index (χ1v) is 5.53. The van der Waals surface area contributed by atoms with Crippen LogP contribution in [0.1, 0.15) is 31.9 Å². The van der Waals surface area contributed by atoms with Gasteiger partial charge in [0.25, 0.3) is 0 Å². The van der Waals surface area contributed by atoms with Gasteiger partial charge in [-0.3, -0.25) is 9.69 Å².